The SMILES string of the molecule is CC(C)Oc1ccc(C(O)CNCc2cccc([N+](=O)[O-])c2)cc1. The molecule has 0 bridgehead atoms. The van der Waals surface area contributed by atoms with E-state index in [4.69, 9.17) is 4.74 Å². The normalized spacial score (nSPS) is 12.2. The molecule has 0 aliphatic heterocycles. The molecule has 0 spiro atoms. The third-order valence-corrected chi connectivity index (χ3v) is 3.42. The zero-order chi connectivity index (χ0) is 17.5. The molecule has 0 aliphatic carbocycles. The van der Waals surface area contributed by atoms with Crippen LogP contribution in [0.2, 0.25) is 0 Å². The second kappa shape index (κ2) is 8.42. The lowest BCUT2D eigenvalue weighted by atomic mass is 10.1. The van der Waals surface area contributed by atoms with Crippen molar-refractivity contribution in [3.8, 4) is 5.75 Å². The molecule has 1 atom stereocenters. The quantitative estimate of drug-likeness (QED) is 0.573. The molecule has 1 unspecified atom stereocenters. The molecule has 2 rings (SSSR count). The van der Waals surface area contributed by atoms with Gasteiger partial charge in [-0.1, -0.05) is 24.3 Å². The Bertz CT molecular complexity index is 671. The maximum atomic E-state index is 10.7. The van der Waals surface area contributed by atoms with Gasteiger partial charge in [-0.3, -0.25) is 10.1 Å². The summed E-state index contributed by atoms with van der Waals surface area (Å²) in [6.07, 6.45) is -0.547. The van der Waals surface area contributed by atoms with E-state index in [0.717, 1.165) is 16.9 Å². The number of nitrogens with one attached hydrogen (secondary N) is 1. The van der Waals surface area contributed by atoms with Crippen LogP contribution in [-0.4, -0.2) is 22.7 Å². The molecule has 0 radical (unpaired) electrons. The molecular weight excluding hydrogens is 308 g/mol. The Balaban J connectivity index is 1.85. The first-order chi connectivity index (χ1) is 11.5. The molecule has 6 heteroatoms. The summed E-state index contributed by atoms with van der Waals surface area (Å²) >= 11 is 0. The van der Waals surface area contributed by atoms with Crippen molar-refractivity contribution >= 4 is 5.69 Å². The smallest absolute Gasteiger partial charge is 0.269 e. The maximum absolute atomic E-state index is 10.7. The average Bonchev–Trinajstić information content (AvgIpc) is 2.55. The van der Waals surface area contributed by atoms with Crippen molar-refractivity contribution in [3.63, 3.8) is 0 Å². The largest absolute Gasteiger partial charge is 0.491 e. The van der Waals surface area contributed by atoms with Gasteiger partial charge in [0, 0.05) is 25.2 Å². The number of benzene rings is 2. The van der Waals surface area contributed by atoms with Crippen LogP contribution in [0, 0.1) is 10.1 Å². The standard InChI is InChI=1S/C18H22N2O4/c1-13(2)24-17-8-6-15(7-9-17)18(21)12-19-11-14-4-3-5-16(10-14)20(22)23/h3-10,13,18-19,21H,11-12H2,1-2H3. The Kier molecular flexibility index (Phi) is 6.28. The molecule has 0 saturated heterocycles. The molecule has 2 aromatic rings. The van der Waals surface area contributed by atoms with Crippen LogP contribution in [0.1, 0.15) is 31.1 Å². The van der Waals surface area contributed by atoms with E-state index in [-0.39, 0.29) is 11.8 Å². The lowest BCUT2D eigenvalue weighted by molar-refractivity contribution is -0.384. The Morgan fingerprint density at radius 1 is 1.21 bits per heavy atom. The highest BCUT2D eigenvalue weighted by molar-refractivity contribution is 5.34. The van der Waals surface area contributed by atoms with Gasteiger partial charge in [-0.15, -0.1) is 0 Å². The van der Waals surface area contributed by atoms with E-state index in [0.29, 0.717) is 13.1 Å². The molecule has 0 fully saturated rings. The maximum Gasteiger partial charge on any atom is 0.269 e. The minimum absolute atomic E-state index is 0.0654. The number of nitro groups is 1. The first-order valence-corrected chi connectivity index (χ1v) is 7.84. The fourth-order valence-electron chi connectivity index (χ4n) is 2.29. The molecule has 0 amide bonds. The summed E-state index contributed by atoms with van der Waals surface area (Å²) in [4.78, 5) is 10.3. The number of nitro benzene ring substituents is 1. The Labute approximate surface area is 141 Å². The first kappa shape index (κ1) is 17.9. The average molecular weight is 330 g/mol. The van der Waals surface area contributed by atoms with E-state index in [1.165, 1.54) is 12.1 Å². The molecular formula is C18H22N2O4. The number of aliphatic hydroxyl groups excluding tert-OH is 1. The van der Waals surface area contributed by atoms with Crippen molar-refractivity contribution in [2.75, 3.05) is 6.54 Å². The van der Waals surface area contributed by atoms with Crippen LogP contribution in [0.5, 0.6) is 5.75 Å². The lowest BCUT2D eigenvalue weighted by Gasteiger charge is -2.14. The highest BCUT2D eigenvalue weighted by atomic mass is 16.6. The van der Waals surface area contributed by atoms with Crippen molar-refractivity contribution in [2.45, 2.75) is 32.6 Å². The Hall–Kier alpha value is -2.44. The van der Waals surface area contributed by atoms with Crippen LogP contribution in [0.3, 0.4) is 0 Å². The van der Waals surface area contributed by atoms with Crippen molar-refractivity contribution in [2.24, 2.45) is 0 Å². The summed E-state index contributed by atoms with van der Waals surface area (Å²) in [5.74, 6) is 0.769. The summed E-state index contributed by atoms with van der Waals surface area (Å²) in [6.45, 7) is 4.72. The van der Waals surface area contributed by atoms with E-state index < -0.39 is 11.0 Å². The predicted molar refractivity (Wildman–Crippen MR) is 92.0 cm³/mol. The molecule has 2 aromatic carbocycles. The lowest BCUT2D eigenvalue weighted by Crippen LogP contribution is -2.21. The van der Waals surface area contributed by atoms with Crippen LogP contribution in [0.4, 0.5) is 5.69 Å². The molecule has 0 heterocycles. The second-order valence-electron chi connectivity index (χ2n) is 5.81. The van der Waals surface area contributed by atoms with Crippen LogP contribution >= 0.6 is 0 Å². The van der Waals surface area contributed by atoms with Gasteiger partial charge < -0.3 is 15.2 Å². The van der Waals surface area contributed by atoms with Gasteiger partial charge in [0.15, 0.2) is 0 Å². The molecule has 6 nitrogen and oxygen atoms in total. The van der Waals surface area contributed by atoms with Gasteiger partial charge in [-0.25, -0.2) is 0 Å². The molecule has 0 aromatic heterocycles. The fraction of sp³-hybridized carbons (Fsp3) is 0.333. The molecule has 2 N–H and O–H groups in total. The Morgan fingerprint density at radius 2 is 1.92 bits per heavy atom. The zero-order valence-electron chi connectivity index (χ0n) is 13.8. The molecule has 0 aliphatic rings. The topological polar surface area (TPSA) is 84.6 Å². The number of rotatable bonds is 8. The van der Waals surface area contributed by atoms with Gasteiger partial charge in [0.1, 0.15) is 5.75 Å². The van der Waals surface area contributed by atoms with Gasteiger partial charge in [0.05, 0.1) is 17.1 Å². The van der Waals surface area contributed by atoms with Gasteiger partial charge in [0.25, 0.3) is 5.69 Å². The highest BCUT2D eigenvalue weighted by Crippen LogP contribution is 2.19. The van der Waals surface area contributed by atoms with Crippen molar-refractivity contribution in [1.29, 1.82) is 0 Å². The van der Waals surface area contributed by atoms with Crippen molar-refractivity contribution in [1.82, 2.24) is 5.32 Å². The minimum Gasteiger partial charge on any atom is -0.491 e. The third-order valence-electron chi connectivity index (χ3n) is 3.42. The molecule has 128 valence electrons. The number of aliphatic hydroxyl groups is 1. The van der Waals surface area contributed by atoms with E-state index in [1.54, 1.807) is 6.07 Å². The minimum atomic E-state index is -0.656. The van der Waals surface area contributed by atoms with Gasteiger partial charge >= 0.3 is 0 Å². The van der Waals surface area contributed by atoms with Crippen molar-refractivity contribution < 1.29 is 14.8 Å². The van der Waals surface area contributed by atoms with E-state index in [9.17, 15) is 15.2 Å². The number of nitrogens with zero attached hydrogens (tertiary/aromatic N) is 1. The van der Waals surface area contributed by atoms with Crippen LogP contribution < -0.4 is 10.1 Å². The van der Waals surface area contributed by atoms with Crippen molar-refractivity contribution in [3.05, 3.63) is 69.8 Å². The number of ether oxygens (including phenoxy) is 1. The fourth-order valence-corrected chi connectivity index (χ4v) is 2.29. The summed E-state index contributed by atoms with van der Waals surface area (Å²) in [7, 11) is 0. The summed E-state index contributed by atoms with van der Waals surface area (Å²) in [5.41, 5.74) is 1.66. The zero-order valence-corrected chi connectivity index (χ0v) is 13.8. The monoisotopic (exact) mass is 330 g/mol. The van der Waals surface area contributed by atoms with Crippen LogP contribution in [0.25, 0.3) is 0 Å². The van der Waals surface area contributed by atoms with E-state index in [1.807, 2.05) is 44.2 Å². The number of hydrogen-bond acceptors (Lipinski definition) is 5. The van der Waals surface area contributed by atoms with E-state index in [2.05, 4.69) is 5.32 Å². The van der Waals surface area contributed by atoms with Gasteiger partial charge in [0.2, 0.25) is 0 Å². The van der Waals surface area contributed by atoms with Crippen LogP contribution in [-0.2, 0) is 6.54 Å². The number of hydrogen-bond donors (Lipinski definition) is 2. The molecule has 24 heavy (non-hydrogen) atoms. The Morgan fingerprint density at radius 3 is 2.54 bits per heavy atom. The summed E-state index contributed by atoms with van der Waals surface area (Å²) in [6, 6.07) is 13.8. The second-order valence-corrected chi connectivity index (χ2v) is 5.81. The predicted octanol–water partition coefficient (Wildman–Crippen LogP) is 3.21. The third kappa shape index (κ3) is 5.33. The van der Waals surface area contributed by atoms with Gasteiger partial charge in [-0.2, -0.15) is 0 Å². The molecule has 0 saturated carbocycles. The van der Waals surface area contributed by atoms with Crippen LogP contribution in [0.15, 0.2) is 48.5 Å². The highest BCUT2D eigenvalue weighted by Gasteiger charge is 2.09. The summed E-state index contributed by atoms with van der Waals surface area (Å²) in [5, 5.41) is 24.1. The summed E-state index contributed by atoms with van der Waals surface area (Å²) < 4.78 is 5.57. The van der Waals surface area contributed by atoms with E-state index >= 15 is 0 Å². The number of non-ortho nitro benzene ring substituents is 1. The first-order valence-electron chi connectivity index (χ1n) is 7.84. The van der Waals surface area contributed by atoms with Gasteiger partial charge in [-0.05, 0) is 37.1 Å².